The lowest BCUT2D eigenvalue weighted by Crippen LogP contribution is -2.48. The molecule has 6 fully saturated rings. The summed E-state index contributed by atoms with van der Waals surface area (Å²) in [5, 5.41) is 0. The molecule has 0 amide bonds. The molecule has 0 aromatic heterocycles. The average Bonchev–Trinajstić information content (AvgIpc) is 2.73. The highest BCUT2D eigenvalue weighted by Gasteiger charge is 2.51. The van der Waals surface area contributed by atoms with Gasteiger partial charge in [0.05, 0.1) is 0 Å². The summed E-state index contributed by atoms with van der Waals surface area (Å²) in [7, 11) is 0. The maximum absolute atomic E-state index is 2.57. The molecule has 0 N–H and O–H groups in total. The quantitative estimate of drug-likeness (QED) is 0.406. The molecule has 0 bridgehead atoms. The van der Waals surface area contributed by atoms with Crippen LogP contribution in [0.25, 0.3) is 0 Å². The van der Waals surface area contributed by atoms with Gasteiger partial charge in [-0.25, -0.2) is 0 Å². The van der Waals surface area contributed by atoms with Crippen LogP contribution in [0.15, 0.2) is 0 Å². The van der Waals surface area contributed by atoms with E-state index in [4.69, 9.17) is 0 Å². The molecule has 30 heavy (non-hydrogen) atoms. The summed E-state index contributed by atoms with van der Waals surface area (Å²) >= 11 is 0. The van der Waals surface area contributed by atoms with Crippen LogP contribution in [0, 0.1) is 76.9 Å². The first-order valence-corrected chi connectivity index (χ1v) is 14.5. The molecule has 0 spiro atoms. The first kappa shape index (κ1) is 20.6. The largest absolute Gasteiger partial charge is 0.0625 e. The summed E-state index contributed by atoms with van der Waals surface area (Å²) in [5.74, 6) is 14.2. The average molecular weight is 411 g/mol. The second-order valence-electron chi connectivity index (χ2n) is 14.2. The fraction of sp³-hybridized carbons (Fsp3) is 1.00. The molecule has 0 aliphatic heterocycles. The van der Waals surface area contributed by atoms with Crippen LogP contribution >= 0.6 is 0 Å². The third kappa shape index (κ3) is 3.63. The van der Waals surface area contributed by atoms with Gasteiger partial charge in [-0.15, -0.1) is 0 Å². The fourth-order valence-electron chi connectivity index (χ4n) is 11.0. The van der Waals surface area contributed by atoms with Crippen LogP contribution in [0.3, 0.4) is 0 Å². The lowest BCUT2D eigenvalue weighted by Gasteiger charge is -2.57. The first-order valence-electron chi connectivity index (χ1n) is 14.5. The SMILES string of the molecule is CC1CC2CC3CC4CC5CC6CCCCC6CC5CC4CC3CC2C(C(C)C)C1. The van der Waals surface area contributed by atoms with Crippen molar-refractivity contribution >= 4 is 0 Å². The predicted molar refractivity (Wildman–Crippen MR) is 127 cm³/mol. The Morgan fingerprint density at radius 1 is 0.467 bits per heavy atom. The zero-order chi connectivity index (χ0) is 20.4. The molecule has 6 saturated carbocycles. The molecule has 170 valence electrons. The van der Waals surface area contributed by atoms with Crippen molar-refractivity contribution in [2.75, 3.05) is 0 Å². The Balaban J connectivity index is 1.15. The lowest BCUT2D eigenvalue weighted by atomic mass is 9.48. The lowest BCUT2D eigenvalue weighted by molar-refractivity contribution is -0.0688. The molecule has 0 aromatic rings. The van der Waals surface area contributed by atoms with Crippen LogP contribution in [0.2, 0.25) is 0 Å². The smallest absolute Gasteiger partial charge is 0.0352 e. The Morgan fingerprint density at radius 2 is 0.900 bits per heavy atom. The maximum atomic E-state index is 2.57. The first-order chi connectivity index (χ1) is 14.5. The highest BCUT2D eigenvalue weighted by atomic mass is 14.6. The van der Waals surface area contributed by atoms with E-state index < -0.39 is 0 Å². The second kappa shape index (κ2) is 8.09. The monoisotopic (exact) mass is 410 g/mol. The summed E-state index contributed by atoms with van der Waals surface area (Å²) in [4.78, 5) is 0. The Kier molecular flexibility index (Phi) is 5.56. The molecule has 6 rings (SSSR count). The van der Waals surface area contributed by atoms with Crippen molar-refractivity contribution in [3.63, 3.8) is 0 Å². The molecular weight excluding hydrogens is 360 g/mol. The van der Waals surface area contributed by atoms with E-state index in [1.165, 1.54) is 6.42 Å². The minimum Gasteiger partial charge on any atom is -0.0625 e. The highest BCUT2D eigenvalue weighted by molar-refractivity contribution is 5.01. The van der Waals surface area contributed by atoms with Gasteiger partial charge in [-0.3, -0.25) is 0 Å². The summed E-state index contributed by atoms with van der Waals surface area (Å²) < 4.78 is 0. The third-order valence-electron chi connectivity index (χ3n) is 12.3. The van der Waals surface area contributed by atoms with Crippen molar-refractivity contribution in [1.82, 2.24) is 0 Å². The van der Waals surface area contributed by atoms with Crippen molar-refractivity contribution in [1.29, 1.82) is 0 Å². The number of hydrogen-bond acceptors (Lipinski definition) is 0. The summed E-state index contributed by atoms with van der Waals surface area (Å²) in [6, 6.07) is 0. The van der Waals surface area contributed by atoms with Gasteiger partial charge in [0.2, 0.25) is 0 Å². The van der Waals surface area contributed by atoms with E-state index in [9.17, 15) is 0 Å². The van der Waals surface area contributed by atoms with Crippen LogP contribution in [-0.4, -0.2) is 0 Å². The Morgan fingerprint density at radius 3 is 1.40 bits per heavy atom. The molecule has 12 atom stereocenters. The second-order valence-corrected chi connectivity index (χ2v) is 14.2. The Labute approximate surface area is 187 Å². The van der Waals surface area contributed by atoms with Gasteiger partial charge in [-0.05, 0) is 141 Å². The van der Waals surface area contributed by atoms with Gasteiger partial charge in [0, 0.05) is 0 Å². The van der Waals surface area contributed by atoms with Gasteiger partial charge in [0.15, 0.2) is 0 Å². The molecule has 0 heterocycles. The normalized spacial score (nSPS) is 55.6. The van der Waals surface area contributed by atoms with Crippen LogP contribution in [0.1, 0.15) is 111 Å². The van der Waals surface area contributed by atoms with Crippen molar-refractivity contribution in [3.05, 3.63) is 0 Å². The standard InChI is InChI=1S/C30H50/c1-18(2)29-9-19(3)8-28-16-26-14-24-12-22-10-20-6-4-5-7-21(20)11-23(22)13-25(24)15-27(26)17-30(28)29/h18-30H,4-17H2,1-3H3. The summed E-state index contributed by atoms with van der Waals surface area (Å²) in [5.41, 5.74) is 0. The third-order valence-corrected chi connectivity index (χ3v) is 12.3. The van der Waals surface area contributed by atoms with Crippen molar-refractivity contribution < 1.29 is 0 Å². The van der Waals surface area contributed by atoms with Crippen LogP contribution in [-0.2, 0) is 0 Å². The number of hydrogen-bond donors (Lipinski definition) is 0. The van der Waals surface area contributed by atoms with Crippen molar-refractivity contribution in [2.24, 2.45) is 76.9 Å². The molecule has 6 aliphatic carbocycles. The molecule has 0 aromatic carbocycles. The fourth-order valence-corrected chi connectivity index (χ4v) is 11.0. The van der Waals surface area contributed by atoms with E-state index in [1.807, 2.05) is 0 Å². The minimum atomic E-state index is 0.911. The number of fused-ring (bicyclic) bond motifs is 5. The van der Waals surface area contributed by atoms with Gasteiger partial charge in [-0.1, -0.05) is 46.5 Å². The summed E-state index contributed by atoms with van der Waals surface area (Å²) in [6.45, 7) is 7.63. The van der Waals surface area contributed by atoms with E-state index >= 15 is 0 Å². The zero-order valence-electron chi connectivity index (χ0n) is 20.4. The molecule has 0 radical (unpaired) electrons. The summed E-state index contributed by atoms with van der Waals surface area (Å²) in [6.07, 6.45) is 22.5. The maximum Gasteiger partial charge on any atom is -0.0352 e. The predicted octanol–water partition coefficient (Wildman–Crippen LogP) is 8.60. The molecule has 6 aliphatic rings. The highest BCUT2D eigenvalue weighted by Crippen LogP contribution is 2.60. The van der Waals surface area contributed by atoms with Gasteiger partial charge < -0.3 is 0 Å². The van der Waals surface area contributed by atoms with E-state index in [0.29, 0.717) is 0 Å². The molecule has 0 nitrogen and oxygen atoms in total. The van der Waals surface area contributed by atoms with Crippen LogP contribution in [0.4, 0.5) is 0 Å². The topological polar surface area (TPSA) is 0 Å². The number of rotatable bonds is 1. The van der Waals surface area contributed by atoms with Gasteiger partial charge in [-0.2, -0.15) is 0 Å². The van der Waals surface area contributed by atoms with Crippen molar-refractivity contribution in [2.45, 2.75) is 111 Å². The van der Waals surface area contributed by atoms with Gasteiger partial charge in [0.25, 0.3) is 0 Å². The molecule has 12 unspecified atom stereocenters. The Hall–Kier alpha value is 0. The van der Waals surface area contributed by atoms with Crippen molar-refractivity contribution in [3.8, 4) is 0 Å². The van der Waals surface area contributed by atoms with Gasteiger partial charge in [0.1, 0.15) is 0 Å². The van der Waals surface area contributed by atoms with E-state index in [1.54, 1.807) is 83.5 Å². The molecular formula is C30H50. The van der Waals surface area contributed by atoms with Crippen LogP contribution in [0.5, 0.6) is 0 Å². The zero-order valence-corrected chi connectivity index (χ0v) is 20.4. The van der Waals surface area contributed by atoms with Gasteiger partial charge >= 0.3 is 0 Å². The Bertz CT molecular complexity index is 605. The minimum absolute atomic E-state index is 0.911. The molecule has 0 heteroatoms. The van der Waals surface area contributed by atoms with E-state index in [0.717, 1.165) is 76.9 Å². The van der Waals surface area contributed by atoms with Crippen LogP contribution < -0.4 is 0 Å². The molecule has 0 saturated heterocycles. The van der Waals surface area contributed by atoms with E-state index in [-0.39, 0.29) is 0 Å². The van der Waals surface area contributed by atoms with E-state index in [2.05, 4.69) is 20.8 Å².